The average Bonchev–Trinajstić information content (AvgIpc) is 2.73. The first-order valence-electron chi connectivity index (χ1n) is 12.0. The van der Waals surface area contributed by atoms with Gasteiger partial charge in [0.2, 0.25) is 0 Å². The summed E-state index contributed by atoms with van der Waals surface area (Å²) >= 11 is 0. The molecule has 0 bridgehead atoms. The van der Waals surface area contributed by atoms with Gasteiger partial charge in [-0.25, -0.2) is 0 Å². The summed E-state index contributed by atoms with van der Waals surface area (Å²) in [5, 5.41) is 0. The van der Waals surface area contributed by atoms with Crippen LogP contribution in [0.5, 0.6) is 0 Å². The van der Waals surface area contributed by atoms with Gasteiger partial charge in [0.1, 0.15) is 0 Å². The Kier molecular flexibility index (Phi) is 12.3. The van der Waals surface area contributed by atoms with Gasteiger partial charge >= 0.3 is 0 Å². The van der Waals surface area contributed by atoms with E-state index in [0.717, 1.165) is 45.5 Å². The van der Waals surface area contributed by atoms with E-state index in [4.69, 9.17) is 4.74 Å². The van der Waals surface area contributed by atoms with Gasteiger partial charge in [-0.1, -0.05) is 49.4 Å². The van der Waals surface area contributed by atoms with Crippen LogP contribution in [0.15, 0.2) is 54.6 Å². The monoisotopic (exact) mass is 494 g/mol. The first kappa shape index (κ1) is 29.8. The third-order valence-electron chi connectivity index (χ3n) is 6.70. The zero-order valence-corrected chi connectivity index (χ0v) is 22.8. The maximum absolute atomic E-state index is 6.12. The molecule has 3 nitrogen and oxygen atoms in total. The summed E-state index contributed by atoms with van der Waals surface area (Å²) in [5.41, 5.74) is 4.40. The Balaban J connectivity index is 0.00000272. The Morgan fingerprint density at radius 3 is 2.12 bits per heavy atom. The summed E-state index contributed by atoms with van der Waals surface area (Å²) < 4.78 is 6.12. The van der Waals surface area contributed by atoms with Crippen molar-refractivity contribution in [2.75, 3.05) is 38.7 Å². The molecule has 33 heavy (non-hydrogen) atoms. The van der Waals surface area contributed by atoms with Crippen molar-refractivity contribution in [3.63, 3.8) is 0 Å². The Bertz CT molecular complexity index is 795. The van der Waals surface area contributed by atoms with E-state index in [1.807, 2.05) is 0 Å². The zero-order valence-electron chi connectivity index (χ0n) is 21.2. The summed E-state index contributed by atoms with van der Waals surface area (Å²) in [5.74, 6) is 0. The predicted octanol–water partition coefficient (Wildman–Crippen LogP) is 7.02. The number of anilines is 1. The van der Waals surface area contributed by atoms with Gasteiger partial charge in [-0.05, 0) is 87.7 Å². The van der Waals surface area contributed by atoms with Gasteiger partial charge in [0.05, 0.1) is 5.60 Å². The van der Waals surface area contributed by atoms with E-state index >= 15 is 0 Å². The van der Waals surface area contributed by atoms with Crippen molar-refractivity contribution in [2.24, 2.45) is 5.41 Å². The lowest BCUT2D eigenvalue weighted by molar-refractivity contribution is -0.109. The molecule has 186 valence electrons. The minimum atomic E-state index is -0.0371. The Hall–Kier alpha value is -1.26. The zero-order chi connectivity index (χ0) is 22.3. The summed E-state index contributed by atoms with van der Waals surface area (Å²) in [6.45, 7) is 11.0. The maximum Gasteiger partial charge on any atom is 0.0631 e. The molecule has 0 aromatic heterocycles. The number of halogens is 2. The number of ether oxygens (including phenoxy) is 1. The summed E-state index contributed by atoms with van der Waals surface area (Å²) in [7, 11) is 4.19. The van der Waals surface area contributed by atoms with Gasteiger partial charge in [0, 0.05) is 32.9 Å². The fourth-order valence-corrected chi connectivity index (χ4v) is 5.21. The smallest absolute Gasteiger partial charge is 0.0631 e. The van der Waals surface area contributed by atoms with Crippen molar-refractivity contribution in [3.05, 3.63) is 65.7 Å². The molecule has 1 atom stereocenters. The maximum atomic E-state index is 6.12. The largest absolute Gasteiger partial charge is 0.378 e. The topological polar surface area (TPSA) is 15.7 Å². The summed E-state index contributed by atoms with van der Waals surface area (Å²) in [6.07, 6.45) is 5.86. The van der Waals surface area contributed by atoms with Crippen LogP contribution in [0.4, 0.5) is 5.69 Å². The summed E-state index contributed by atoms with van der Waals surface area (Å²) in [6, 6.07) is 20.1. The van der Waals surface area contributed by atoms with Crippen molar-refractivity contribution in [1.82, 2.24) is 4.90 Å². The molecule has 5 heteroatoms. The molecule has 1 aliphatic heterocycles. The van der Waals surface area contributed by atoms with E-state index in [2.05, 4.69) is 99.3 Å². The highest BCUT2D eigenvalue weighted by Gasteiger charge is 2.40. The van der Waals surface area contributed by atoms with E-state index in [0.29, 0.717) is 5.41 Å². The quantitative estimate of drug-likeness (QED) is 0.352. The highest BCUT2D eigenvalue weighted by Crippen LogP contribution is 2.44. The van der Waals surface area contributed by atoms with Crippen molar-refractivity contribution in [2.45, 2.75) is 65.0 Å². The molecular weight excluding hydrogens is 451 g/mol. The normalized spacial score (nSPS) is 19.5. The fourth-order valence-electron chi connectivity index (χ4n) is 5.21. The van der Waals surface area contributed by atoms with Crippen LogP contribution in [0, 0.1) is 5.41 Å². The second-order valence-corrected chi connectivity index (χ2v) is 10.3. The van der Waals surface area contributed by atoms with E-state index in [-0.39, 0.29) is 30.4 Å². The third-order valence-corrected chi connectivity index (χ3v) is 6.70. The highest BCUT2D eigenvalue weighted by molar-refractivity contribution is 5.85. The van der Waals surface area contributed by atoms with Gasteiger partial charge < -0.3 is 9.64 Å². The van der Waals surface area contributed by atoms with Gasteiger partial charge in [-0.15, -0.1) is 24.8 Å². The highest BCUT2D eigenvalue weighted by atomic mass is 35.5. The van der Waals surface area contributed by atoms with Crippen LogP contribution in [0.1, 0.15) is 57.6 Å². The lowest BCUT2D eigenvalue weighted by Crippen LogP contribution is -2.44. The van der Waals surface area contributed by atoms with Crippen LogP contribution in [0.25, 0.3) is 0 Å². The summed E-state index contributed by atoms with van der Waals surface area (Å²) in [4.78, 5) is 4.81. The molecule has 2 aromatic rings. The number of benzene rings is 2. The van der Waals surface area contributed by atoms with E-state index < -0.39 is 0 Å². The predicted molar refractivity (Wildman–Crippen MR) is 147 cm³/mol. The molecular formula is C28H44Cl2N2O. The van der Waals surface area contributed by atoms with Crippen molar-refractivity contribution >= 4 is 30.5 Å². The molecule has 0 spiro atoms. The van der Waals surface area contributed by atoms with Gasteiger partial charge in [-0.2, -0.15) is 0 Å². The Morgan fingerprint density at radius 1 is 0.879 bits per heavy atom. The number of hydrogen-bond donors (Lipinski definition) is 0. The van der Waals surface area contributed by atoms with Crippen LogP contribution in [0.3, 0.4) is 0 Å². The average molecular weight is 496 g/mol. The minimum absolute atomic E-state index is 0. The van der Waals surface area contributed by atoms with Crippen LogP contribution in [-0.2, 0) is 17.7 Å². The second-order valence-electron chi connectivity index (χ2n) is 10.3. The van der Waals surface area contributed by atoms with Crippen LogP contribution < -0.4 is 4.90 Å². The molecule has 1 unspecified atom stereocenters. The lowest BCUT2D eigenvalue weighted by Gasteiger charge is -2.46. The molecule has 1 aliphatic rings. The molecule has 1 saturated heterocycles. The van der Waals surface area contributed by atoms with Crippen LogP contribution in [-0.4, -0.2) is 44.3 Å². The standard InChI is InChI=1S/C28H42N2O.2ClH/c1-6-18-30(22-25-12-14-26(15-13-25)29(4)5)19-16-28(17-20-31-27(2,3)23-28)21-24-10-8-7-9-11-24;;/h7-15H,6,16-23H2,1-5H3;2*1H. The third kappa shape index (κ3) is 9.13. The molecule has 3 rings (SSSR count). The van der Waals surface area contributed by atoms with Crippen molar-refractivity contribution < 1.29 is 4.74 Å². The first-order valence-corrected chi connectivity index (χ1v) is 12.0. The van der Waals surface area contributed by atoms with Crippen LogP contribution >= 0.6 is 24.8 Å². The van der Waals surface area contributed by atoms with E-state index in [1.165, 1.54) is 29.7 Å². The van der Waals surface area contributed by atoms with Crippen LogP contribution in [0.2, 0.25) is 0 Å². The minimum Gasteiger partial charge on any atom is -0.378 e. The van der Waals surface area contributed by atoms with Gasteiger partial charge in [0.25, 0.3) is 0 Å². The van der Waals surface area contributed by atoms with Gasteiger partial charge in [0.15, 0.2) is 0 Å². The molecule has 0 amide bonds. The molecule has 2 aromatic carbocycles. The van der Waals surface area contributed by atoms with Gasteiger partial charge in [-0.3, -0.25) is 4.90 Å². The van der Waals surface area contributed by atoms with E-state index in [9.17, 15) is 0 Å². The van der Waals surface area contributed by atoms with E-state index in [1.54, 1.807) is 0 Å². The van der Waals surface area contributed by atoms with Crippen molar-refractivity contribution in [1.29, 1.82) is 0 Å². The molecule has 0 radical (unpaired) electrons. The lowest BCUT2D eigenvalue weighted by atomic mass is 9.68. The SMILES string of the molecule is CCCN(CCC1(Cc2ccccc2)CCOC(C)(C)C1)Cc1ccc(N(C)C)cc1.Cl.Cl. The Morgan fingerprint density at radius 2 is 1.55 bits per heavy atom. The van der Waals surface area contributed by atoms with Crippen molar-refractivity contribution in [3.8, 4) is 0 Å². The second kappa shape index (κ2) is 13.6. The number of hydrogen-bond acceptors (Lipinski definition) is 3. The number of rotatable bonds is 10. The molecule has 1 fully saturated rings. The Labute approximate surface area is 214 Å². The fraction of sp³-hybridized carbons (Fsp3) is 0.571. The number of nitrogens with zero attached hydrogens (tertiary/aromatic N) is 2. The molecule has 0 aliphatic carbocycles. The molecule has 0 N–H and O–H groups in total. The molecule has 0 saturated carbocycles. The first-order chi connectivity index (χ1) is 14.8. The molecule has 1 heterocycles.